The zero-order valence-electron chi connectivity index (χ0n) is 24.0. The molecule has 1 aliphatic heterocycles. The van der Waals surface area contributed by atoms with E-state index in [0.717, 1.165) is 27.8 Å². The Morgan fingerprint density at radius 2 is 1.64 bits per heavy atom. The molecule has 0 saturated carbocycles. The minimum Gasteiger partial charge on any atom is -0.494 e. The lowest BCUT2D eigenvalue weighted by Crippen LogP contribution is -2.31. The molecule has 2 amide bonds. The van der Waals surface area contributed by atoms with Crippen LogP contribution < -0.4 is 9.64 Å². The summed E-state index contributed by atoms with van der Waals surface area (Å²) in [6, 6.07) is 25.7. The Kier molecular flexibility index (Phi) is 9.17. The first-order chi connectivity index (χ1) is 21.3. The maximum absolute atomic E-state index is 13.3. The number of esters is 1. The molecule has 9 nitrogen and oxygen atoms in total. The number of ether oxygens (including phenoxy) is 2. The Balaban J connectivity index is 1.23. The SMILES string of the molecule is CCOc1ccc(C(=O)COC(=O)c2ccc(N3C(=O)CC(Sc4nc(-c5ccc(C)cc5)ccc4C#N)C3=O)cc2)cc1. The molecule has 0 aliphatic carbocycles. The average molecular weight is 606 g/mol. The molecule has 4 aromatic rings. The lowest BCUT2D eigenvalue weighted by Gasteiger charge is -2.15. The van der Waals surface area contributed by atoms with Gasteiger partial charge in [0, 0.05) is 17.5 Å². The number of rotatable bonds is 10. The number of Topliss-reactive ketones (excluding diaryl/α,β-unsaturated/α-hetero) is 1. The van der Waals surface area contributed by atoms with Gasteiger partial charge in [-0.25, -0.2) is 14.7 Å². The number of thioether (sulfide) groups is 1. The van der Waals surface area contributed by atoms with Crippen LogP contribution in [-0.2, 0) is 14.3 Å². The van der Waals surface area contributed by atoms with Crippen molar-refractivity contribution in [3.05, 3.63) is 107 Å². The predicted molar refractivity (Wildman–Crippen MR) is 165 cm³/mol. The first-order valence-electron chi connectivity index (χ1n) is 13.8. The largest absolute Gasteiger partial charge is 0.494 e. The average Bonchev–Trinajstić information content (AvgIpc) is 3.32. The molecule has 0 radical (unpaired) electrons. The summed E-state index contributed by atoms with van der Waals surface area (Å²) in [5, 5.41) is 9.24. The van der Waals surface area contributed by atoms with Crippen LogP contribution in [0.4, 0.5) is 5.69 Å². The number of nitrogens with zero attached hydrogens (tertiary/aromatic N) is 3. The maximum Gasteiger partial charge on any atom is 0.338 e. The second-order valence-corrected chi connectivity index (χ2v) is 11.1. The van der Waals surface area contributed by atoms with Gasteiger partial charge in [0.15, 0.2) is 12.4 Å². The number of hydrogen-bond donors (Lipinski definition) is 0. The van der Waals surface area contributed by atoms with E-state index in [9.17, 15) is 24.4 Å². The molecule has 220 valence electrons. The van der Waals surface area contributed by atoms with Gasteiger partial charge in [-0.2, -0.15) is 5.26 Å². The van der Waals surface area contributed by atoms with Crippen molar-refractivity contribution in [2.75, 3.05) is 18.1 Å². The second kappa shape index (κ2) is 13.4. The summed E-state index contributed by atoms with van der Waals surface area (Å²) in [6.07, 6.45) is -0.0672. The minimum atomic E-state index is -0.770. The molecule has 1 saturated heterocycles. The number of amides is 2. The Bertz CT molecular complexity index is 1760. The van der Waals surface area contributed by atoms with Crippen molar-refractivity contribution in [3.63, 3.8) is 0 Å². The fraction of sp³-hybridized carbons (Fsp3) is 0.176. The molecule has 5 rings (SSSR count). The van der Waals surface area contributed by atoms with Crippen LogP contribution in [0, 0.1) is 18.3 Å². The highest BCUT2D eigenvalue weighted by Gasteiger charge is 2.41. The zero-order valence-corrected chi connectivity index (χ0v) is 24.8. The number of aryl methyl sites for hydroxylation is 1. The van der Waals surface area contributed by atoms with E-state index >= 15 is 0 Å². The van der Waals surface area contributed by atoms with Crippen molar-refractivity contribution in [3.8, 4) is 23.1 Å². The Morgan fingerprint density at radius 1 is 0.955 bits per heavy atom. The van der Waals surface area contributed by atoms with E-state index in [4.69, 9.17) is 9.47 Å². The number of anilines is 1. The Labute approximate surface area is 258 Å². The molecule has 1 fully saturated rings. The fourth-order valence-electron chi connectivity index (χ4n) is 4.55. The topological polar surface area (TPSA) is 127 Å². The molecule has 0 spiro atoms. The van der Waals surface area contributed by atoms with Crippen molar-refractivity contribution in [1.82, 2.24) is 4.98 Å². The highest BCUT2D eigenvalue weighted by Crippen LogP contribution is 2.35. The van der Waals surface area contributed by atoms with E-state index < -0.39 is 29.6 Å². The standard InChI is InChI=1S/C34H27N3O6S/c1-3-42-27-15-10-23(11-16-27)29(38)20-43-34(41)24-8-13-26(14-9-24)37-31(39)18-30(33(37)40)44-32-25(19-35)12-17-28(36-32)22-6-4-21(2)5-7-22/h4-17,30H,3,18,20H2,1-2H3. The van der Waals surface area contributed by atoms with Crippen molar-refractivity contribution < 1.29 is 28.7 Å². The molecule has 1 unspecified atom stereocenters. The number of aromatic nitrogens is 1. The third-order valence-electron chi connectivity index (χ3n) is 6.87. The van der Waals surface area contributed by atoms with Crippen LogP contribution in [0.1, 0.15) is 45.2 Å². The first kappa shape index (κ1) is 30.2. The van der Waals surface area contributed by atoms with E-state index in [1.54, 1.807) is 36.4 Å². The second-order valence-electron chi connectivity index (χ2n) is 9.91. The predicted octanol–water partition coefficient (Wildman–Crippen LogP) is 5.79. The summed E-state index contributed by atoms with van der Waals surface area (Å²) in [4.78, 5) is 57.0. The molecule has 3 aromatic carbocycles. The van der Waals surface area contributed by atoms with Crippen LogP contribution in [0.15, 0.2) is 90.0 Å². The van der Waals surface area contributed by atoms with Crippen LogP contribution in [-0.4, -0.2) is 47.0 Å². The minimum absolute atomic E-state index is 0.0672. The summed E-state index contributed by atoms with van der Waals surface area (Å²) in [6.45, 7) is 3.91. The molecule has 10 heteroatoms. The maximum atomic E-state index is 13.3. The number of benzene rings is 3. The number of hydrogen-bond acceptors (Lipinski definition) is 9. The number of pyridine rings is 1. The smallest absolute Gasteiger partial charge is 0.338 e. The number of carbonyl (C=O) groups excluding carboxylic acids is 4. The normalized spacial score (nSPS) is 14.3. The lowest BCUT2D eigenvalue weighted by molar-refractivity contribution is -0.121. The van der Waals surface area contributed by atoms with Crippen molar-refractivity contribution in [2.45, 2.75) is 30.5 Å². The van der Waals surface area contributed by atoms with Gasteiger partial charge in [0.05, 0.1) is 34.4 Å². The molecule has 44 heavy (non-hydrogen) atoms. The number of carbonyl (C=O) groups is 4. The fourth-order valence-corrected chi connectivity index (χ4v) is 5.64. The van der Waals surface area contributed by atoms with E-state index in [0.29, 0.717) is 39.9 Å². The monoisotopic (exact) mass is 605 g/mol. The van der Waals surface area contributed by atoms with Crippen LogP contribution in [0.25, 0.3) is 11.3 Å². The third kappa shape index (κ3) is 6.69. The van der Waals surface area contributed by atoms with Crippen LogP contribution in [0.5, 0.6) is 5.75 Å². The van der Waals surface area contributed by atoms with Crippen LogP contribution in [0.3, 0.4) is 0 Å². The molecule has 2 heterocycles. The zero-order chi connectivity index (χ0) is 31.2. The highest BCUT2D eigenvalue weighted by atomic mass is 32.2. The lowest BCUT2D eigenvalue weighted by atomic mass is 10.1. The van der Waals surface area contributed by atoms with E-state index in [-0.39, 0.29) is 17.8 Å². The summed E-state index contributed by atoms with van der Waals surface area (Å²) in [5.74, 6) is -1.29. The van der Waals surface area contributed by atoms with Crippen molar-refractivity contribution in [2.24, 2.45) is 0 Å². The summed E-state index contributed by atoms with van der Waals surface area (Å²) >= 11 is 1.08. The number of imide groups is 1. The van der Waals surface area contributed by atoms with E-state index in [1.165, 1.54) is 24.3 Å². The van der Waals surface area contributed by atoms with Gasteiger partial charge < -0.3 is 9.47 Å². The molecular formula is C34H27N3O6S. The molecule has 0 bridgehead atoms. The van der Waals surface area contributed by atoms with Crippen molar-refractivity contribution in [1.29, 1.82) is 5.26 Å². The molecular weight excluding hydrogens is 578 g/mol. The molecule has 1 aromatic heterocycles. The van der Waals surface area contributed by atoms with Gasteiger partial charge >= 0.3 is 5.97 Å². The van der Waals surface area contributed by atoms with Gasteiger partial charge in [0.1, 0.15) is 16.8 Å². The number of nitriles is 1. The van der Waals surface area contributed by atoms with Gasteiger partial charge in [0.2, 0.25) is 11.8 Å². The van der Waals surface area contributed by atoms with Crippen LogP contribution >= 0.6 is 11.8 Å². The Hall–Kier alpha value is -5.27. The number of ketones is 1. The quantitative estimate of drug-likeness (QED) is 0.125. The third-order valence-corrected chi connectivity index (χ3v) is 8.06. The van der Waals surface area contributed by atoms with Gasteiger partial charge in [0.25, 0.3) is 0 Å². The molecule has 1 atom stereocenters. The van der Waals surface area contributed by atoms with Gasteiger partial charge in [-0.05, 0) is 74.5 Å². The first-order valence-corrected chi connectivity index (χ1v) is 14.7. The van der Waals surface area contributed by atoms with E-state index in [1.807, 2.05) is 38.1 Å². The van der Waals surface area contributed by atoms with Gasteiger partial charge in [-0.15, -0.1) is 0 Å². The molecule has 1 aliphatic rings. The summed E-state index contributed by atoms with van der Waals surface area (Å²) in [7, 11) is 0. The van der Waals surface area contributed by atoms with Crippen LogP contribution in [0.2, 0.25) is 0 Å². The summed E-state index contributed by atoms with van der Waals surface area (Å²) < 4.78 is 10.5. The van der Waals surface area contributed by atoms with Gasteiger partial charge in [-0.3, -0.25) is 14.4 Å². The van der Waals surface area contributed by atoms with Crippen molar-refractivity contribution >= 4 is 41.0 Å². The summed E-state index contributed by atoms with van der Waals surface area (Å²) in [5.41, 5.74) is 3.79. The van der Waals surface area contributed by atoms with Gasteiger partial charge in [-0.1, -0.05) is 41.6 Å². The highest BCUT2D eigenvalue weighted by molar-refractivity contribution is 8.00. The van der Waals surface area contributed by atoms with E-state index in [2.05, 4.69) is 11.1 Å². The molecule has 0 N–H and O–H groups in total. The Morgan fingerprint density at radius 3 is 2.30 bits per heavy atom.